The first-order chi connectivity index (χ1) is 6.09. The summed E-state index contributed by atoms with van der Waals surface area (Å²) in [4.78, 5) is 9.61. The number of hydrogen-bond acceptors (Lipinski definition) is 3. The van der Waals surface area contributed by atoms with Gasteiger partial charge in [-0.15, -0.1) is 6.58 Å². The maximum absolute atomic E-state index is 9.61. The van der Waals surface area contributed by atoms with Crippen LogP contribution in [0.15, 0.2) is 24.8 Å². The van der Waals surface area contributed by atoms with Crippen LogP contribution in [-0.2, 0) is 9.53 Å². The fraction of sp³-hybridized carbons (Fsp3) is 0.333. The molecule has 0 spiro atoms. The van der Waals surface area contributed by atoms with Crippen molar-refractivity contribution in [2.75, 3.05) is 13.2 Å². The van der Waals surface area contributed by atoms with E-state index in [1.54, 1.807) is 6.08 Å². The first-order valence-corrected chi connectivity index (χ1v) is 3.61. The van der Waals surface area contributed by atoms with E-state index in [-0.39, 0.29) is 0 Å². The van der Waals surface area contributed by atoms with E-state index in [4.69, 9.17) is 15.1 Å². The Morgan fingerprint density at radius 3 is 2.38 bits per heavy atom. The van der Waals surface area contributed by atoms with Crippen molar-refractivity contribution in [3.05, 3.63) is 24.8 Å². The minimum Gasteiger partial charge on any atom is -0.477 e. The van der Waals surface area contributed by atoms with E-state index in [2.05, 4.69) is 13.2 Å². The highest BCUT2D eigenvalue weighted by atomic mass is 16.5. The largest absolute Gasteiger partial charge is 0.477 e. The summed E-state index contributed by atoms with van der Waals surface area (Å²) >= 11 is 0. The summed E-state index contributed by atoms with van der Waals surface area (Å²) in [6, 6.07) is 1.37. The Morgan fingerprint density at radius 1 is 1.77 bits per heavy atom. The molecule has 0 saturated carbocycles. The van der Waals surface area contributed by atoms with Crippen molar-refractivity contribution in [3.8, 4) is 6.07 Å². The summed E-state index contributed by atoms with van der Waals surface area (Å²) in [5.74, 6) is -1.26. The SMILES string of the molecule is C=C(C#N)C(=O)O.C=CCOCC. The summed E-state index contributed by atoms with van der Waals surface area (Å²) in [6.45, 7) is 9.81. The van der Waals surface area contributed by atoms with Crippen LogP contribution in [0.3, 0.4) is 0 Å². The predicted molar refractivity (Wildman–Crippen MR) is 49.1 cm³/mol. The first-order valence-electron chi connectivity index (χ1n) is 3.61. The zero-order valence-electron chi connectivity index (χ0n) is 7.62. The molecule has 72 valence electrons. The topological polar surface area (TPSA) is 70.3 Å². The molecule has 13 heavy (non-hydrogen) atoms. The van der Waals surface area contributed by atoms with Gasteiger partial charge in [0.2, 0.25) is 0 Å². The monoisotopic (exact) mass is 183 g/mol. The van der Waals surface area contributed by atoms with Crippen LogP contribution in [0.1, 0.15) is 6.92 Å². The average Bonchev–Trinajstić information content (AvgIpc) is 2.14. The van der Waals surface area contributed by atoms with Gasteiger partial charge >= 0.3 is 5.97 Å². The second-order valence-electron chi connectivity index (χ2n) is 1.84. The third-order valence-electron chi connectivity index (χ3n) is 0.833. The molecule has 0 atom stereocenters. The second-order valence-corrected chi connectivity index (χ2v) is 1.84. The normalized spacial score (nSPS) is 7.38. The number of aliphatic carboxylic acids is 1. The van der Waals surface area contributed by atoms with Crippen molar-refractivity contribution < 1.29 is 14.6 Å². The molecule has 4 heteroatoms. The van der Waals surface area contributed by atoms with Crippen molar-refractivity contribution in [2.45, 2.75) is 6.92 Å². The summed E-state index contributed by atoms with van der Waals surface area (Å²) in [5, 5.41) is 15.6. The fourth-order valence-electron chi connectivity index (χ4n) is 0.249. The van der Waals surface area contributed by atoms with Gasteiger partial charge in [-0.3, -0.25) is 0 Å². The Hall–Kier alpha value is -1.60. The van der Waals surface area contributed by atoms with Gasteiger partial charge < -0.3 is 9.84 Å². The Morgan fingerprint density at radius 2 is 2.31 bits per heavy atom. The van der Waals surface area contributed by atoms with E-state index >= 15 is 0 Å². The molecular formula is C9H13NO3. The quantitative estimate of drug-likeness (QED) is 0.309. The second kappa shape index (κ2) is 10.4. The molecule has 0 aromatic rings. The number of nitrogens with zero attached hydrogens (tertiary/aromatic N) is 1. The Kier molecular flexibility index (Phi) is 11.2. The van der Waals surface area contributed by atoms with Crippen LogP contribution in [0.2, 0.25) is 0 Å². The van der Waals surface area contributed by atoms with Gasteiger partial charge in [0.15, 0.2) is 0 Å². The molecule has 0 rings (SSSR count). The molecule has 0 unspecified atom stereocenters. The van der Waals surface area contributed by atoms with Crippen molar-refractivity contribution in [1.82, 2.24) is 0 Å². The number of ether oxygens (including phenoxy) is 1. The molecule has 0 saturated heterocycles. The van der Waals surface area contributed by atoms with Gasteiger partial charge in [0, 0.05) is 6.61 Å². The molecular weight excluding hydrogens is 170 g/mol. The third kappa shape index (κ3) is 13.4. The number of hydrogen-bond donors (Lipinski definition) is 1. The molecule has 1 N–H and O–H groups in total. The lowest BCUT2D eigenvalue weighted by molar-refractivity contribution is -0.132. The number of carbonyl (C=O) groups is 1. The summed E-state index contributed by atoms with van der Waals surface area (Å²) in [7, 11) is 0. The average molecular weight is 183 g/mol. The molecule has 0 aliphatic heterocycles. The van der Waals surface area contributed by atoms with Crippen molar-refractivity contribution in [3.63, 3.8) is 0 Å². The minimum atomic E-state index is -1.26. The summed E-state index contributed by atoms with van der Waals surface area (Å²) < 4.78 is 4.86. The maximum atomic E-state index is 9.61. The van der Waals surface area contributed by atoms with Crippen LogP contribution in [0.25, 0.3) is 0 Å². The number of carboxylic acid groups (broad SMARTS) is 1. The van der Waals surface area contributed by atoms with E-state index < -0.39 is 11.5 Å². The van der Waals surface area contributed by atoms with Crippen molar-refractivity contribution in [1.29, 1.82) is 5.26 Å². The molecule has 0 radical (unpaired) electrons. The number of rotatable bonds is 4. The van der Waals surface area contributed by atoms with E-state index in [1.165, 1.54) is 6.07 Å². The number of nitriles is 1. The first kappa shape index (κ1) is 14.0. The van der Waals surface area contributed by atoms with Gasteiger partial charge in [-0.25, -0.2) is 4.79 Å². The smallest absolute Gasteiger partial charge is 0.345 e. The standard InChI is InChI=1S/C5H10O.C4H3NO2/c1-3-5-6-4-2;1-3(2-5)4(6)7/h3H,1,4-5H2,2H3;1H2,(H,6,7). The van der Waals surface area contributed by atoms with Gasteiger partial charge in [-0.05, 0) is 6.92 Å². The van der Waals surface area contributed by atoms with Gasteiger partial charge in [0.25, 0.3) is 0 Å². The van der Waals surface area contributed by atoms with Crippen LogP contribution in [-0.4, -0.2) is 24.3 Å². The van der Waals surface area contributed by atoms with Crippen LogP contribution < -0.4 is 0 Å². The highest BCUT2D eigenvalue weighted by molar-refractivity contribution is 5.90. The van der Waals surface area contributed by atoms with Gasteiger partial charge in [-0.1, -0.05) is 12.7 Å². The fourth-order valence-corrected chi connectivity index (χ4v) is 0.249. The van der Waals surface area contributed by atoms with E-state index in [0.29, 0.717) is 6.61 Å². The Labute approximate surface area is 77.7 Å². The third-order valence-corrected chi connectivity index (χ3v) is 0.833. The van der Waals surface area contributed by atoms with Crippen LogP contribution in [0.5, 0.6) is 0 Å². The Balaban J connectivity index is 0. The molecule has 0 fully saturated rings. The zero-order chi connectivity index (χ0) is 10.7. The molecule has 0 heterocycles. The predicted octanol–water partition coefficient (Wildman–Crippen LogP) is 1.36. The van der Waals surface area contributed by atoms with Gasteiger partial charge in [0.1, 0.15) is 11.6 Å². The van der Waals surface area contributed by atoms with E-state index in [9.17, 15) is 4.79 Å². The highest BCUT2D eigenvalue weighted by Gasteiger charge is 1.97. The van der Waals surface area contributed by atoms with E-state index in [1.807, 2.05) is 6.92 Å². The summed E-state index contributed by atoms with van der Waals surface area (Å²) in [6.07, 6.45) is 1.74. The van der Waals surface area contributed by atoms with Crippen molar-refractivity contribution in [2.24, 2.45) is 0 Å². The lowest BCUT2D eigenvalue weighted by Gasteiger charge is -1.88. The molecule has 0 amide bonds. The molecule has 0 aliphatic carbocycles. The van der Waals surface area contributed by atoms with Gasteiger partial charge in [0.05, 0.1) is 6.61 Å². The lowest BCUT2D eigenvalue weighted by Crippen LogP contribution is -1.94. The van der Waals surface area contributed by atoms with Crippen molar-refractivity contribution >= 4 is 5.97 Å². The summed E-state index contributed by atoms with van der Waals surface area (Å²) in [5.41, 5.74) is -0.431. The molecule has 0 bridgehead atoms. The molecule has 4 nitrogen and oxygen atoms in total. The molecule has 0 aromatic heterocycles. The maximum Gasteiger partial charge on any atom is 0.345 e. The molecule has 0 aliphatic rings. The lowest BCUT2D eigenvalue weighted by atomic mass is 10.4. The van der Waals surface area contributed by atoms with Gasteiger partial charge in [-0.2, -0.15) is 5.26 Å². The van der Waals surface area contributed by atoms with E-state index in [0.717, 1.165) is 6.61 Å². The highest BCUT2D eigenvalue weighted by Crippen LogP contribution is 1.81. The number of carboxylic acids is 1. The minimum absolute atomic E-state index is 0.431. The Bertz CT molecular complexity index is 215. The van der Waals surface area contributed by atoms with Crippen LogP contribution in [0, 0.1) is 11.3 Å². The zero-order valence-corrected chi connectivity index (χ0v) is 7.62. The van der Waals surface area contributed by atoms with Crippen LogP contribution in [0.4, 0.5) is 0 Å². The van der Waals surface area contributed by atoms with Crippen LogP contribution >= 0.6 is 0 Å². The molecule has 0 aromatic carbocycles.